The van der Waals surface area contributed by atoms with Crippen molar-refractivity contribution < 1.29 is 14.3 Å². The normalized spacial score (nSPS) is 19.5. The molecule has 0 aromatic carbocycles. The van der Waals surface area contributed by atoms with Gasteiger partial charge in [-0.25, -0.2) is 0 Å². The van der Waals surface area contributed by atoms with Gasteiger partial charge in [-0.1, -0.05) is 6.42 Å². The maximum Gasteiger partial charge on any atom is 0.307 e. The van der Waals surface area contributed by atoms with Gasteiger partial charge in [0.1, 0.15) is 11.5 Å². The first-order valence-electron chi connectivity index (χ1n) is 5.68. The van der Waals surface area contributed by atoms with Gasteiger partial charge < -0.3 is 9.52 Å². The highest BCUT2D eigenvalue weighted by atomic mass is 32.2. The summed E-state index contributed by atoms with van der Waals surface area (Å²) in [6, 6.07) is 0. The van der Waals surface area contributed by atoms with Gasteiger partial charge in [-0.05, 0) is 12.8 Å². The first kappa shape index (κ1) is 10.3. The molecule has 1 aliphatic heterocycles. The van der Waals surface area contributed by atoms with Crippen LogP contribution in [0.15, 0.2) is 4.42 Å². The van der Waals surface area contributed by atoms with E-state index in [0.29, 0.717) is 5.92 Å². The molecule has 1 saturated carbocycles. The molecule has 1 aliphatic carbocycles. The zero-order valence-corrected chi connectivity index (χ0v) is 9.81. The number of hydrogen-bond acceptors (Lipinski definition) is 3. The van der Waals surface area contributed by atoms with E-state index in [1.165, 1.54) is 12.0 Å². The molecule has 0 saturated heterocycles. The van der Waals surface area contributed by atoms with Crippen LogP contribution in [-0.4, -0.2) is 11.1 Å². The van der Waals surface area contributed by atoms with Crippen LogP contribution in [0.25, 0.3) is 0 Å². The lowest BCUT2D eigenvalue weighted by molar-refractivity contribution is -0.136. The fourth-order valence-corrected chi connectivity index (χ4v) is 3.51. The number of aliphatic carboxylic acids is 1. The molecule has 0 atom stereocenters. The van der Waals surface area contributed by atoms with Crippen LogP contribution in [0.4, 0.5) is 0 Å². The van der Waals surface area contributed by atoms with Crippen LogP contribution >= 0.6 is 11.8 Å². The molecule has 4 heteroatoms. The van der Waals surface area contributed by atoms with Gasteiger partial charge in [-0.3, -0.25) is 4.79 Å². The summed E-state index contributed by atoms with van der Waals surface area (Å²) in [7, 11) is 0. The lowest BCUT2D eigenvalue weighted by atomic mass is 9.81. The largest absolute Gasteiger partial charge is 0.481 e. The summed E-state index contributed by atoms with van der Waals surface area (Å²) >= 11 is 1.81. The Balaban J connectivity index is 1.99. The molecule has 0 radical (unpaired) electrons. The summed E-state index contributed by atoms with van der Waals surface area (Å²) in [4.78, 5) is 10.9. The summed E-state index contributed by atoms with van der Waals surface area (Å²) in [6.45, 7) is 0. The van der Waals surface area contributed by atoms with Crippen molar-refractivity contribution in [2.75, 3.05) is 0 Å². The predicted molar refractivity (Wildman–Crippen MR) is 61.6 cm³/mol. The average molecular weight is 238 g/mol. The minimum absolute atomic E-state index is 0.130. The van der Waals surface area contributed by atoms with Gasteiger partial charge in [-0.15, -0.1) is 11.8 Å². The van der Waals surface area contributed by atoms with Crippen molar-refractivity contribution in [1.29, 1.82) is 0 Å². The van der Waals surface area contributed by atoms with E-state index in [1.807, 2.05) is 11.8 Å². The first-order chi connectivity index (χ1) is 7.75. The lowest BCUT2D eigenvalue weighted by Gasteiger charge is -2.24. The van der Waals surface area contributed by atoms with E-state index in [4.69, 9.17) is 9.52 Å². The van der Waals surface area contributed by atoms with Gasteiger partial charge in [-0.2, -0.15) is 0 Å². The maximum atomic E-state index is 10.9. The number of carboxylic acids is 1. The Morgan fingerprint density at radius 1 is 1.44 bits per heavy atom. The molecule has 0 unspecified atom stereocenters. The second-order valence-corrected chi connectivity index (χ2v) is 5.52. The number of furan rings is 1. The molecule has 2 heterocycles. The average Bonchev–Trinajstić information content (AvgIpc) is 2.66. The Morgan fingerprint density at radius 3 is 2.88 bits per heavy atom. The fraction of sp³-hybridized carbons (Fsp3) is 0.583. The smallest absolute Gasteiger partial charge is 0.307 e. The summed E-state index contributed by atoms with van der Waals surface area (Å²) in [5, 5.41) is 8.97. The molecule has 16 heavy (non-hydrogen) atoms. The number of carboxylic acid groups (broad SMARTS) is 1. The Bertz CT molecular complexity index is 432. The predicted octanol–water partition coefficient (Wildman–Crippen LogP) is 2.92. The zero-order valence-electron chi connectivity index (χ0n) is 8.99. The van der Waals surface area contributed by atoms with E-state index in [1.54, 1.807) is 0 Å². The molecule has 1 fully saturated rings. The van der Waals surface area contributed by atoms with Gasteiger partial charge in [0.2, 0.25) is 0 Å². The highest BCUT2D eigenvalue weighted by Crippen LogP contribution is 2.44. The van der Waals surface area contributed by atoms with E-state index in [2.05, 4.69) is 0 Å². The van der Waals surface area contributed by atoms with Crippen LogP contribution in [0.2, 0.25) is 0 Å². The Labute approximate surface area is 98.2 Å². The molecule has 3 rings (SSSR count). The minimum atomic E-state index is -0.749. The van der Waals surface area contributed by atoms with Crippen molar-refractivity contribution in [2.45, 2.75) is 43.1 Å². The molecule has 0 spiro atoms. The highest BCUT2D eigenvalue weighted by Gasteiger charge is 2.32. The second-order valence-electron chi connectivity index (χ2n) is 4.54. The van der Waals surface area contributed by atoms with E-state index >= 15 is 0 Å². The van der Waals surface area contributed by atoms with Crippen LogP contribution in [-0.2, 0) is 22.7 Å². The third-order valence-electron chi connectivity index (χ3n) is 3.51. The third-order valence-corrected chi connectivity index (χ3v) is 4.47. The van der Waals surface area contributed by atoms with Crippen LogP contribution in [0.1, 0.15) is 47.8 Å². The molecule has 2 aliphatic rings. The molecule has 1 aromatic rings. The molecule has 1 aromatic heterocycles. The fourth-order valence-electron chi connectivity index (χ4n) is 2.45. The summed E-state index contributed by atoms with van der Waals surface area (Å²) in [5.74, 6) is 3.59. The third kappa shape index (κ3) is 1.56. The summed E-state index contributed by atoms with van der Waals surface area (Å²) < 4.78 is 5.88. The number of hydrogen-bond donors (Lipinski definition) is 1. The summed E-state index contributed by atoms with van der Waals surface area (Å²) in [6.07, 6.45) is 3.70. The first-order valence-corrected chi connectivity index (χ1v) is 6.84. The Kier molecular flexibility index (Phi) is 2.46. The Morgan fingerprint density at radius 2 is 2.25 bits per heavy atom. The SMILES string of the molecule is O=C(O)Cc1c(C2CCC2)oc2c1CSC2. The topological polar surface area (TPSA) is 50.4 Å². The minimum Gasteiger partial charge on any atom is -0.481 e. The van der Waals surface area contributed by atoms with Crippen molar-refractivity contribution in [2.24, 2.45) is 0 Å². The van der Waals surface area contributed by atoms with Crippen LogP contribution in [0, 0.1) is 0 Å². The molecule has 0 amide bonds. The number of thioether (sulfide) groups is 1. The van der Waals surface area contributed by atoms with Crippen molar-refractivity contribution in [3.8, 4) is 0 Å². The Hall–Kier alpha value is -0.900. The van der Waals surface area contributed by atoms with Gasteiger partial charge >= 0.3 is 5.97 Å². The van der Waals surface area contributed by atoms with Crippen molar-refractivity contribution in [3.05, 3.63) is 22.6 Å². The monoisotopic (exact) mass is 238 g/mol. The van der Waals surface area contributed by atoms with Gasteiger partial charge in [0.05, 0.1) is 12.2 Å². The molecule has 1 N–H and O–H groups in total. The quantitative estimate of drug-likeness (QED) is 0.879. The molecule has 86 valence electrons. The second kappa shape index (κ2) is 3.84. The van der Waals surface area contributed by atoms with Gasteiger partial charge in [0.25, 0.3) is 0 Å². The van der Waals surface area contributed by atoms with Gasteiger partial charge in [0.15, 0.2) is 0 Å². The number of fused-ring (bicyclic) bond motifs is 1. The molecular formula is C12H14O3S. The summed E-state index contributed by atoms with van der Waals surface area (Å²) in [5.41, 5.74) is 2.16. The van der Waals surface area contributed by atoms with Crippen molar-refractivity contribution in [3.63, 3.8) is 0 Å². The van der Waals surface area contributed by atoms with Crippen LogP contribution in [0.3, 0.4) is 0 Å². The standard InChI is InChI=1S/C12H14O3S/c13-11(14)4-8-9-5-16-6-10(9)15-12(8)7-2-1-3-7/h7H,1-6H2,(H,13,14). The van der Waals surface area contributed by atoms with Crippen LogP contribution < -0.4 is 0 Å². The molecular weight excluding hydrogens is 224 g/mol. The van der Waals surface area contributed by atoms with E-state index in [0.717, 1.165) is 41.4 Å². The van der Waals surface area contributed by atoms with Crippen molar-refractivity contribution >= 4 is 17.7 Å². The van der Waals surface area contributed by atoms with E-state index in [-0.39, 0.29) is 6.42 Å². The highest BCUT2D eigenvalue weighted by molar-refractivity contribution is 7.98. The lowest BCUT2D eigenvalue weighted by Crippen LogP contribution is -2.12. The maximum absolute atomic E-state index is 10.9. The zero-order chi connectivity index (χ0) is 11.1. The van der Waals surface area contributed by atoms with E-state index < -0.39 is 5.97 Å². The van der Waals surface area contributed by atoms with Gasteiger partial charge in [0, 0.05) is 22.8 Å². The van der Waals surface area contributed by atoms with Crippen LogP contribution in [0.5, 0.6) is 0 Å². The number of rotatable bonds is 3. The van der Waals surface area contributed by atoms with Crippen molar-refractivity contribution in [1.82, 2.24) is 0 Å². The van der Waals surface area contributed by atoms with E-state index in [9.17, 15) is 4.79 Å². The number of carbonyl (C=O) groups is 1. The molecule has 3 nitrogen and oxygen atoms in total. The molecule has 0 bridgehead atoms.